The summed E-state index contributed by atoms with van der Waals surface area (Å²) in [5.41, 5.74) is 0.968. The molecule has 7 nitrogen and oxygen atoms in total. The molecule has 2 aliphatic heterocycles. The van der Waals surface area contributed by atoms with Crippen molar-refractivity contribution >= 4 is 23.5 Å². The van der Waals surface area contributed by atoms with E-state index in [0.29, 0.717) is 36.4 Å². The number of carboxylic acids is 1. The van der Waals surface area contributed by atoms with Gasteiger partial charge in [-0.05, 0) is 31.0 Å². The van der Waals surface area contributed by atoms with Crippen LogP contribution in [-0.4, -0.2) is 47.5 Å². The van der Waals surface area contributed by atoms with E-state index >= 15 is 0 Å². The van der Waals surface area contributed by atoms with Gasteiger partial charge in [-0.1, -0.05) is 0 Å². The van der Waals surface area contributed by atoms with E-state index in [-0.39, 0.29) is 25.0 Å². The number of nitrogens with zero attached hydrogens (tertiary/aromatic N) is 1. The number of hydrogen-bond acceptors (Lipinski definition) is 4. The van der Waals surface area contributed by atoms with Crippen molar-refractivity contribution in [2.75, 3.05) is 25.0 Å². The number of likely N-dealkylation sites (tertiary alicyclic amines) is 1. The number of rotatable bonds is 2. The van der Waals surface area contributed by atoms with Gasteiger partial charge < -0.3 is 20.1 Å². The van der Waals surface area contributed by atoms with Crippen LogP contribution in [0.15, 0.2) is 18.2 Å². The minimum absolute atomic E-state index is 0.0740. The molecule has 2 heterocycles. The average Bonchev–Trinajstić information content (AvgIpc) is 2.53. The molecular weight excluding hydrogens is 288 g/mol. The molecule has 1 aromatic rings. The van der Waals surface area contributed by atoms with Crippen LogP contribution in [0.2, 0.25) is 0 Å². The molecule has 0 unspecified atom stereocenters. The van der Waals surface area contributed by atoms with Gasteiger partial charge in [-0.25, -0.2) is 0 Å². The zero-order valence-electron chi connectivity index (χ0n) is 11.9. The highest BCUT2D eigenvalue weighted by Crippen LogP contribution is 2.29. The van der Waals surface area contributed by atoms with Crippen molar-refractivity contribution < 1.29 is 24.2 Å². The predicted molar refractivity (Wildman–Crippen MR) is 76.8 cm³/mol. The Hall–Kier alpha value is -2.57. The van der Waals surface area contributed by atoms with Crippen LogP contribution >= 0.6 is 0 Å². The number of carbonyl (C=O) groups excluding carboxylic acids is 2. The Labute approximate surface area is 126 Å². The number of hydrogen-bond donors (Lipinski definition) is 2. The molecule has 1 saturated heterocycles. The smallest absolute Gasteiger partial charge is 0.308 e. The number of amides is 2. The largest absolute Gasteiger partial charge is 0.482 e. The third-order valence-corrected chi connectivity index (χ3v) is 3.92. The topological polar surface area (TPSA) is 95.9 Å². The second-order valence-electron chi connectivity index (χ2n) is 5.48. The first-order valence-corrected chi connectivity index (χ1v) is 7.13. The standard InChI is InChI=1S/C15H16N2O5/c18-13-8-22-12-6-9(3-4-11(12)16-13)14(19)17-5-1-2-10(7-17)15(20)21/h3-4,6,10H,1-2,5,7-8H2,(H,16,18)(H,20,21)/t10-/m0/s1. The minimum Gasteiger partial charge on any atom is -0.482 e. The van der Waals surface area contributed by atoms with Crippen LogP contribution in [0.5, 0.6) is 5.75 Å². The Kier molecular flexibility index (Phi) is 3.70. The molecule has 0 aliphatic carbocycles. The van der Waals surface area contributed by atoms with Crippen LogP contribution in [0.1, 0.15) is 23.2 Å². The molecule has 0 aromatic heterocycles. The van der Waals surface area contributed by atoms with Crippen LogP contribution in [0.25, 0.3) is 0 Å². The van der Waals surface area contributed by atoms with Crippen molar-refractivity contribution in [3.63, 3.8) is 0 Å². The number of carboxylic acid groups (broad SMARTS) is 1. The molecule has 1 aromatic carbocycles. The summed E-state index contributed by atoms with van der Waals surface area (Å²) in [6, 6.07) is 4.82. The Morgan fingerprint density at radius 2 is 2.18 bits per heavy atom. The van der Waals surface area contributed by atoms with Crippen LogP contribution in [0.4, 0.5) is 5.69 Å². The van der Waals surface area contributed by atoms with Crippen molar-refractivity contribution in [2.24, 2.45) is 5.92 Å². The van der Waals surface area contributed by atoms with Gasteiger partial charge in [0.2, 0.25) is 0 Å². The van der Waals surface area contributed by atoms with Crippen molar-refractivity contribution in [2.45, 2.75) is 12.8 Å². The van der Waals surface area contributed by atoms with Crippen LogP contribution < -0.4 is 10.1 Å². The fraction of sp³-hybridized carbons (Fsp3) is 0.400. The fourth-order valence-electron chi connectivity index (χ4n) is 2.75. The van der Waals surface area contributed by atoms with Gasteiger partial charge in [0.15, 0.2) is 6.61 Å². The lowest BCUT2D eigenvalue weighted by molar-refractivity contribution is -0.143. The normalized spacial score (nSPS) is 20.6. The number of aliphatic carboxylic acids is 1. The zero-order chi connectivity index (χ0) is 15.7. The highest BCUT2D eigenvalue weighted by atomic mass is 16.5. The highest BCUT2D eigenvalue weighted by molar-refractivity contribution is 5.99. The first-order valence-electron chi connectivity index (χ1n) is 7.13. The van der Waals surface area contributed by atoms with Gasteiger partial charge in [0.25, 0.3) is 11.8 Å². The Balaban J connectivity index is 1.77. The SMILES string of the molecule is O=C1COc2cc(C(=O)N3CCC[C@H](C(=O)O)C3)ccc2N1. The molecule has 0 saturated carbocycles. The van der Waals surface area contributed by atoms with E-state index in [0.717, 1.165) is 0 Å². The predicted octanol–water partition coefficient (Wildman–Crippen LogP) is 0.954. The molecule has 0 radical (unpaired) electrons. The van der Waals surface area contributed by atoms with E-state index in [2.05, 4.69) is 5.32 Å². The first kappa shape index (κ1) is 14.4. The molecule has 0 spiro atoms. The van der Waals surface area contributed by atoms with Gasteiger partial charge in [0, 0.05) is 18.7 Å². The van der Waals surface area contributed by atoms with Crippen molar-refractivity contribution in [1.29, 1.82) is 0 Å². The molecule has 2 N–H and O–H groups in total. The lowest BCUT2D eigenvalue weighted by Gasteiger charge is -2.31. The maximum Gasteiger partial charge on any atom is 0.308 e. The molecule has 1 fully saturated rings. The van der Waals surface area contributed by atoms with E-state index in [1.54, 1.807) is 23.1 Å². The molecule has 7 heteroatoms. The summed E-state index contributed by atoms with van der Waals surface area (Å²) in [5, 5.41) is 11.8. The average molecular weight is 304 g/mol. The third kappa shape index (κ3) is 2.74. The van der Waals surface area contributed by atoms with Gasteiger partial charge in [-0.2, -0.15) is 0 Å². The van der Waals surface area contributed by atoms with Crippen molar-refractivity contribution in [1.82, 2.24) is 4.90 Å². The fourth-order valence-corrected chi connectivity index (χ4v) is 2.75. The molecule has 0 bridgehead atoms. The first-order chi connectivity index (χ1) is 10.5. The summed E-state index contributed by atoms with van der Waals surface area (Å²) < 4.78 is 5.30. The number of benzene rings is 1. The van der Waals surface area contributed by atoms with Crippen molar-refractivity contribution in [3.05, 3.63) is 23.8 Å². The van der Waals surface area contributed by atoms with Gasteiger partial charge in [-0.15, -0.1) is 0 Å². The summed E-state index contributed by atoms with van der Waals surface area (Å²) in [5.74, 6) is -1.36. The number of nitrogens with one attached hydrogen (secondary N) is 1. The van der Waals surface area contributed by atoms with E-state index in [1.165, 1.54) is 0 Å². The van der Waals surface area contributed by atoms with Crippen LogP contribution in [0.3, 0.4) is 0 Å². The minimum atomic E-state index is -0.867. The number of ether oxygens (including phenoxy) is 1. The van der Waals surface area contributed by atoms with Gasteiger partial charge in [0.05, 0.1) is 11.6 Å². The van der Waals surface area contributed by atoms with E-state index < -0.39 is 11.9 Å². The molecule has 3 rings (SSSR count). The Bertz CT molecular complexity index is 643. The molecular formula is C15H16N2O5. The summed E-state index contributed by atoms with van der Waals surface area (Å²) in [4.78, 5) is 36.4. The van der Waals surface area contributed by atoms with Gasteiger partial charge >= 0.3 is 5.97 Å². The maximum absolute atomic E-state index is 12.5. The van der Waals surface area contributed by atoms with E-state index in [1.807, 2.05) is 0 Å². The molecule has 116 valence electrons. The highest BCUT2D eigenvalue weighted by Gasteiger charge is 2.29. The molecule has 22 heavy (non-hydrogen) atoms. The molecule has 1 atom stereocenters. The number of anilines is 1. The summed E-state index contributed by atoms with van der Waals surface area (Å²) >= 11 is 0. The van der Waals surface area contributed by atoms with Gasteiger partial charge in [-0.3, -0.25) is 14.4 Å². The van der Waals surface area contributed by atoms with E-state index in [9.17, 15) is 14.4 Å². The number of piperidine rings is 1. The maximum atomic E-state index is 12.5. The van der Waals surface area contributed by atoms with Crippen molar-refractivity contribution in [3.8, 4) is 5.75 Å². The quantitative estimate of drug-likeness (QED) is 0.848. The van der Waals surface area contributed by atoms with Crippen LogP contribution in [-0.2, 0) is 9.59 Å². The van der Waals surface area contributed by atoms with Gasteiger partial charge in [0.1, 0.15) is 5.75 Å². The molecule has 2 aliphatic rings. The molecule has 2 amide bonds. The second kappa shape index (κ2) is 5.67. The van der Waals surface area contributed by atoms with E-state index in [4.69, 9.17) is 9.84 Å². The third-order valence-electron chi connectivity index (χ3n) is 3.92. The Morgan fingerprint density at radius 3 is 2.95 bits per heavy atom. The zero-order valence-corrected chi connectivity index (χ0v) is 11.9. The number of fused-ring (bicyclic) bond motifs is 1. The Morgan fingerprint density at radius 1 is 1.36 bits per heavy atom. The summed E-state index contributed by atoms with van der Waals surface area (Å²) in [6.45, 7) is 0.704. The lowest BCUT2D eigenvalue weighted by Crippen LogP contribution is -2.42. The summed E-state index contributed by atoms with van der Waals surface area (Å²) in [7, 11) is 0. The lowest BCUT2D eigenvalue weighted by atomic mass is 9.97. The second-order valence-corrected chi connectivity index (χ2v) is 5.48. The summed E-state index contributed by atoms with van der Waals surface area (Å²) in [6.07, 6.45) is 1.28. The number of carbonyl (C=O) groups is 3. The van der Waals surface area contributed by atoms with Crippen LogP contribution in [0, 0.1) is 5.92 Å². The monoisotopic (exact) mass is 304 g/mol.